The SMILES string of the molecule is CC(CCCO)NC1CCc2c(F)cc(Br)cc21. The summed E-state index contributed by atoms with van der Waals surface area (Å²) in [6, 6.07) is 4.13. The van der Waals surface area contributed by atoms with Crippen molar-refractivity contribution in [2.45, 2.75) is 44.7 Å². The van der Waals surface area contributed by atoms with Crippen LogP contribution in [0.15, 0.2) is 16.6 Å². The third kappa shape index (κ3) is 3.11. The lowest BCUT2D eigenvalue weighted by molar-refractivity contribution is 0.273. The molecule has 0 radical (unpaired) electrons. The standard InChI is InChI=1S/C14H19BrFNO/c1-9(3-2-6-18)17-14-5-4-11-12(14)7-10(15)8-13(11)16/h7-9,14,17-18H,2-6H2,1H3. The van der Waals surface area contributed by atoms with E-state index in [1.54, 1.807) is 0 Å². The molecule has 1 aliphatic carbocycles. The van der Waals surface area contributed by atoms with Crippen molar-refractivity contribution in [2.24, 2.45) is 0 Å². The minimum atomic E-state index is -0.105. The van der Waals surface area contributed by atoms with E-state index < -0.39 is 0 Å². The lowest BCUT2D eigenvalue weighted by Crippen LogP contribution is -2.29. The Labute approximate surface area is 116 Å². The van der Waals surface area contributed by atoms with E-state index in [2.05, 4.69) is 28.2 Å². The second-order valence-electron chi connectivity index (χ2n) is 4.98. The number of rotatable bonds is 5. The van der Waals surface area contributed by atoms with Crippen LogP contribution in [-0.4, -0.2) is 17.8 Å². The first-order valence-corrected chi connectivity index (χ1v) is 7.26. The summed E-state index contributed by atoms with van der Waals surface area (Å²) in [6.07, 6.45) is 3.50. The Hall–Kier alpha value is -0.450. The van der Waals surface area contributed by atoms with Gasteiger partial charge >= 0.3 is 0 Å². The molecule has 0 bridgehead atoms. The molecule has 0 aromatic heterocycles. The van der Waals surface area contributed by atoms with Crippen LogP contribution in [-0.2, 0) is 6.42 Å². The Morgan fingerprint density at radius 2 is 2.33 bits per heavy atom. The average Bonchev–Trinajstić information content (AvgIpc) is 2.70. The molecule has 4 heteroatoms. The van der Waals surface area contributed by atoms with Crippen molar-refractivity contribution in [1.29, 1.82) is 0 Å². The molecule has 2 nitrogen and oxygen atoms in total. The van der Waals surface area contributed by atoms with Crippen LogP contribution in [0.2, 0.25) is 0 Å². The van der Waals surface area contributed by atoms with Crippen LogP contribution in [0.1, 0.15) is 43.4 Å². The third-order valence-corrected chi connectivity index (χ3v) is 3.99. The lowest BCUT2D eigenvalue weighted by Gasteiger charge is -2.20. The molecule has 0 heterocycles. The number of aliphatic hydroxyl groups is 1. The van der Waals surface area contributed by atoms with Gasteiger partial charge in [0.2, 0.25) is 0 Å². The van der Waals surface area contributed by atoms with Gasteiger partial charge in [0.15, 0.2) is 0 Å². The Balaban J connectivity index is 2.07. The van der Waals surface area contributed by atoms with Crippen LogP contribution in [0, 0.1) is 5.82 Å². The van der Waals surface area contributed by atoms with Gasteiger partial charge in [0.1, 0.15) is 5.82 Å². The van der Waals surface area contributed by atoms with Crippen LogP contribution < -0.4 is 5.32 Å². The van der Waals surface area contributed by atoms with E-state index in [1.165, 1.54) is 6.07 Å². The Kier molecular flexibility index (Phi) is 4.76. The summed E-state index contributed by atoms with van der Waals surface area (Å²) in [5, 5.41) is 12.3. The first-order chi connectivity index (χ1) is 8.61. The molecule has 100 valence electrons. The molecule has 18 heavy (non-hydrogen) atoms. The Bertz CT molecular complexity index is 425. The topological polar surface area (TPSA) is 32.3 Å². The summed E-state index contributed by atoms with van der Waals surface area (Å²) in [6.45, 7) is 2.34. The molecule has 2 N–H and O–H groups in total. The largest absolute Gasteiger partial charge is 0.396 e. The highest BCUT2D eigenvalue weighted by Crippen LogP contribution is 2.35. The van der Waals surface area contributed by atoms with Crippen LogP contribution >= 0.6 is 15.9 Å². The molecular formula is C14H19BrFNO. The summed E-state index contributed by atoms with van der Waals surface area (Å²) in [5.41, 5.74) is 1.93. The number of hydrogen-bond acceptors (Lipinski definition) is 2. The molecule has 0 spiro atoms. The molecule has 2 rings (SSSR count). The normalized spacial score (nSPS) is 19.9. The first-order valence-electron chi connectivity index (χ1n) is 6.46. The van der Waals surface area contributed by atoms with Gasteiger partial charge in [0.05, 0.1) is 0 Å². The molecule has 1 aromatic rings. The van der Waals surface area contributed by atoms with E-state index in [0.29, 0.717) is 6.04 Å². The summed E-state index contributed by atoms with van der Waals surface area (Å²) >= 11 is 3.35. The predicted octanol–water partition coefficient (Wildman–Crippen LogP) is 3.33. The van der Waals surface area contributed by atoms with Crippen LogP contribution in [0.25, 0.3) is 0 Å². The fourth-order valence-corrected chi connectivity index (χ4v) is 3.09. The summed E-state index contributed by atoms with van der Waals surface area (Å²) < 4.78 is 14.6. The minimum absolute atomic E-state index is 0.105. The lowest BCUT2D eigenvalue weighted by atomic mass is 10.1. The zero-order chi connectivity index (χ0) is 13.1. The first kappa shape index (κ1) is 14.0. The van der Waals surface area contributed by atoms with Crippen molar-refractivity contribution >= 4 is 15.9 Å². The van der Waals surface area contributed by atoms with E-state index in [-0.39, 0.29) is 18.5 Å². The highest BCUT2D eigenvalue weighted by atomic mass is 79.9. The van der Waals surface area contributed by atoms with Gasteiger partial charge < -0.3 is 10.4 Å². The van der Waals surface area contributed by atoms with E-state index in [1.807, 2.05) is 6.07 Å². The molecule has 2 unspecified atom stereocenters. The molecule has 2 atom stereocenters. The smallest absolute Gasteiger partial charge is 0.127 e. The van der Waals surface area contributed by atoms with Crippen molar-refractivity contribution < 1.29 is 9.50 Å². The number of aliphatic hydroxyl groups excluding tert-OH is 1. The van der Waals surface area contributed by atoms with E-state index in [4.69, 9.17) is 5.11 Å². The zero-order valence-electron chi connectivity index (χ0n) is 10.5. The number of halogens is 2. The monoisotopic (exact) mass is 315 g/mol. The average molecular weight is 316 g/mol. The second-order valence-corrected chi connectivity index (χ2v) is 5.90. The van der Waals surface area contributed by atoms with Crippen LogP contribution in [0.4, 0.5) is 4.39 Å². The van der Waals surface area contributed by atoms with E-state index in [0.717, 1.165) is 41.3 Å². The van der Waals surface area contributed by atoms with Crippen molar-refractivity contribution in [2.75, 3.05) is 6.61 Å². The summed E-state index contributed by atoms with van der Waals surface area (Å²) in [7, 11) is 0. The van der Waals surface area contributed by atoms with E-state index >= 15 is 0 Å². The number of benzene rings is 1. The van der Waals surface area contributed by atoms with Crippen LogP contribution in [0.5, 0.6) is 0 Å². The number of fused-ring (bicyclic) bond motifs is 1. The maximum absolute atomic E-state index is 13.8. The van der Waals surface area contributed by atoms with Gasteiger partial charge in [0.25, 0.3) is 0 Å². The second kappa shape index (κ2) is 6.13. The molecule has 0 fully saturated rings. The van der Waals surface area contributed by atoms with Crippen molar-refractivity contribution in [3.05, 3.63) is 33.5 Å². The molecule has 0 saturated heterocycles. The van der Waals surface area contributed by atoms with Gasteiger partial charge in [-0.1, -0.05) is 15.9 Å². The molecule has 1 aliphatic rings. The highest BCUT2D eigenvalue weighted by Gasteiger charge is 2.26. The molecule has 0 aliphatic heterocycles. The van der Waals surface area contributed by atoms with E-state index in [9.17, 15) is 4.39 Å². The number of nitrogens with one attached hydrogen (secondary N) is 1. The molecule has 1 aromatic carbocycles. The third-order valence-electron chi connectivity index (χ3n) is 3.53. The molecule has 0 saturated carbocycles. The fraction of sp³-hybridized carbons (Fsp3) is 0.571. The van der Waals surface area contributed by atoms with Crippen molar-refractivity contribution in [1.82, 2.24) is 5.32 Å². The van der Waals surface area contributed by atoms with Gasteiger partial charge in [-0.2, -0.15) is 0 Å². The fourth-order valence-electron chi connectivity index (χ4n) is 2.64. The Morgan fingerprint density at radius 1 is 1.56 bits per heavy atom. The van der Waals surface area contributed by atoms with Gasteiger partial charge in [-0.05, 0) is 55.9 Å². The van der Waals surface area contributed by atoms with Gasteiger partial charge in [-0.25, -0.2) is 4.39 Å². The molecule has 0 amide bonds. The molecular weight excluding hydrogens is 297 g/mol. The predicted molar refractivity (Wildman–Crippen MR) is 74.1 cm³/mol. The minimum Gasteiger partial charge on any atom is -0.396 e. The van der Waals surface area contributed by atoms with Gasteiger partial charge in [-0.15, -0.1) is 0 Å². The van der Waals surface area contributed by atoms with Crippen molar-refractivity contribution in [3.8, 4) is 0 Å². The summed E-state index contributed by atoms with van der Waals surface area (Å²) in [4.78, 5) is 0. The summed E-state index contributed by atoms with van der Waals surface area (Å²) in [5.74, 6) is -0.105. The zero-order valence-corrected chi connectivity index (χ0v) is 12.1. The highest BCUT2D eigenvalue weighted by molar-refractivity contribution is 9.10. The maximum atomic E-state index is 13.8. The maximum Gasteiger partial charge on any atom is 0.127 e. The quantitative estimate of drug-likeness (QED) is 0.873. The van der Waals surface area contributed by atoms with Gasteiger partial charge in [-0.3, -0.25) is 0 Å². The van der Waals surface area contributed by atoms with Crippen LogP contribution in [0.3, 0.4) is 0 Å². The number of hydrogen-bond donors (Lipinski definition) is 2. The van der Waals surface area contributed by atoms with Gasteiger partial charge in [0, 0.05) is 23.2 Å². The van der Waals surface area contributed by atoms with Crippen molar-refractivity contribution in [3.63, 3.8) is 0 Å². The Morgan fingerprint density at radius 3 is 3.06 bits per heavy atom.